The van der Waals surface area contributed by atoms with E-state index in [1.165, 1.54) is 12.1 Å². The predicted molar refractivity (Wildman–Crippen MR) is 99.3 cm³/mol. The lowest BCUT2D eigenvalue weighted by molar-refractivity contribution is -0.133. The van der Waals surface area contributed by atoms with Crippen molar-refractivity contribution in [3.63, 3.8) is 0 Å². The molecule has 0 aromatic heterocycles. The minimum Gasteiger partial charge on any atom is -0.478 e. The van der Waals surface area contributed by atoms with Gasteiger partial charge >= 0.3 is 5.97 Å². The Morgan fingerprint density at radius 2 is 1.89 bits per heavy atom. The summed E-state index contributed by atoms with van der Waals surface area (Å²) in [5.41, 5.74) is 2.30. The lowest BCUT2D eigenvalue weighted by Crippen LogP contribution is -2.49. The summed E-state index contributed by atoms with van der Waals surface area (Å²) in [4.78, 5) is 16.5. The van der Waals surface area contributed by atoms with Crippen LogP contribution in [0.15, 0.2) is 47.3 Å². The van der Waals surface area contributed by atoms with Crippen molar-refractivity contribution in [1.29, 1.82) is 0 Å². The van der Waals surface area contributed by atoms with Crippen molar-refractivity contribution < 1.29 is 19.0 Å². The summed E-state index contributed by atoms with van der Waals surface area (Å²) in [7, 11) is 0. The van der Waals surface area contributed by atoms with Gasteiger partial charge < -0.3 is 19.6 Å². The molecule has 27 heavy (non-hydrogen) atoms. The van der Waals surface area contributed by atoms with E-state index in [0.717, 1.165) is 42.9 Å². The van der Waals surface area contributed by atoms with Gasteiger partial charge in [0.15, 0.2) is 0 Å². The van der Waals surface area contributed by atoms with Gasteiger partial charge in [0.2, 0.25) is 0 Å². The molecule has 2 aliphatic heterocycles. The van der Waals surface area contributed by atoms with Crippen molar-refractivity contribution in [2.24, 2.45) is 5.92 Å². The second-order valence-corrected chi connectivity index (χ2v) is 7.54. The van der Waals surface area contributed by atoms with Gasteiger partial charge in [-0.3, -0.25) is 0 Å². The largest absolute Gasteiger partial charge is 0.478 e. The summed E-state index contributed by atoms with van der Waals surface area (Å²) in [6.45, 7) is 5.38. The molecule has 0 bridgehead atoms. The zero-order chi connectivity index (χ0) is 19.0. The highest BCUT2D eigenvalue weighted by molar-refractivity contribution is 5.90. The lowest BCUT2D eigenvalue weighted by atomic mass is 9.91. The summed E-state index contributed by atoms with van der Waals surface area (Å²) in [5, 5.41) is 9.88. The molecule has 1 atom stereocenters. The van der Waals surface area contributed by atoms with Gasteiger partial charge in [-0.1, -0.05) is 12.1 Å². The summed E-state index contributed by atoms with van der Waals surface area (Å²) < 4.78 is 18.8. The van der Waals surface area contributed by atoms with Crippen LogP contribution in [-0.2, 0) is 16.1 Å². The maximum atomic E-state index is 13.3. The number of aliphatic carboxylic acids is 1. The van der Waals surface area contributed by atoms with Crippen LogP contribution in [-0.4, -0.2) is 53.2 Å². The van der Waals surface area contributed by atoms with Crippen LogP contribution in [0.25, 0.3) is 0 Å². The van der Waals surface area contributed by atoms with E-state index in [2.05, 4.69) is 9.80 Å². The number of carboxylic acid groups (broad SMARTS) is 1. The number of benzene rings is 1. The number of nitrogens with zero attached hydrogens (tertiary/aromatic N) is 2. The number of ether oxygens (including phenoxy) is 1. The molecule has 5 nitrogen and oxygen atoms in total. The van der Waals surface area contributed by atoms with Crippen molar-refractivity contribution in [3.05, 3.63) is 58.7 Å². The molecular weight excluding hydrogens is 347 g/mol. The number of rotatable bonds is 5. The van der Waals surface area contributed by atoms with Crippen LogP contribution in [0.4, 0.5) is 4.39 Å². The zero-order valence-electron chi connectivity index (χ0n) is 15.5. The van der Waals surface area contributed by atoms with Crippen LogP contribution in [0, 0.1) is 11.7 Å². The van der Waals surface area contributed by atoms with Gasteiger partial charge in [0, 0.05) is 19.6 Å². The van der Waals surface area contributed by atoms with Gasteiger partial charge in [-0.15, -0.1) is 0 Å². The molecule has 6 heteroatoms. The SMILES string of the molecule is CC1=C(C(=O)O)C(C2CC2)N(Cc2ccc(F)cc2)C(N2CCOCC2)=C1. The molecule has 1 saturated carbocycles. The minimum atomic E-state index is -0.842. The second kappa shape index (κ2) is 7.35. The Balaban J connectivity index is 1.73. The summed E-state index contributed by atoms with van der Waals surface area (Å²) in [6.07, 6.45) is 4.09. The Bertz CT molecular complexity index is 777. The number of halogens is 1. The van der Waals surface area contributed by atoms with Crippen molar-refractivity contribution in [3.8, 4) is 0 Å². The fourth-order valence-corrected chi connectivity index (χ4v) is 4.11. The van der Waals surface area contributed by atoms with E-state index in [-0.39, 0.29) is 11.9 Å². The van der Waals surface area contributed by atoms with Gasteiger partial charge in [0.25, 0.3) is 0 Å². The molecular formula is C21H25FN2O3. The second-order valence-electron chi connectivity index (χ2n) is 7.54. The van der Waals surface area contributed by atoms with Crippen molar-refractivity contribution in [1.82, 2.24) is 9.80 Å². The highest BCUT2D eigenvalue weighted by Crippen LogP contribution is 2.44. The Morgan fingerprint density at radius 1 is 1.22 bits per heavy atom. The minimum absolute atomic E-state index is 0.143. The first-order valence-electron chi connectivity index (χ1n) is 9.54. The lowest BCUT2D eigenvalue weighted by Gasteiger charge is -2.45. The third-order valence-corrected chi connectivity index (χ3v) is 5.60. The van der Waals surface area contributed by atoms with Gasteiger partial charge in [-0.05, 0) is 55.0 Å². The molecule has 0 amide bonds. The Labute approximate surface area is 158 Å². The van der Waals surface area contributed by atoms with Crippen LogP contribution < -0.4 is 0 Å². The van der Waals surface area contributed by atoms with Gasteiger partial charge in [-0.2, -0.15) is 0 Å². The number of carbonyl (C=O) groups is 1. The standard InChI is InChI=1S/C21H25FN2O3/c1-14-12-18(23-8-10-27-11-9-23)24(13-15-2-6-17(22)7-3-15)20(16-4-5-16)19(14)21(25)26/h2-3,6-7,12,16,20H,4-5,8-11,13H2,1H3,(H,25,26). The fraction of sp³-hybridized carbons (Fsp3) is 0.476. The average molecular weight is 372 g/mol. The van der Waals surface area contributed by atoms with Crippen molar-refractivity contribution in [2.75, 3.05) is 26.3 Å². The highest BCUT2D eigenvalue weighted by Gasteiger charge is 2.44. The molecule has 1 saturated heterocycles. The Hall–Kier alpha value is -2.34. The van der Waals surface area contributed by atoms with Gasteiger partial charge in [-0.25, -0.2) is 9.18 Å². The third kappa shape index (κ3) is 3.72. The quantitative estimate of drug-likeness (QED) is 0.861. The van der Waals surface area contributed by atoms with Crippen LogP contribution in [0.5, 0.6) is 0 Å². The first-order chi connectivity index (χ1) is 13.0. The molecule has 4 rings (SSSR count). The molecule has 3 aliphatic rings. The molecule has 144 valence electrons. The number of allylic oxidation sites excluding steroid dienone is 2. The highest BCUT2D eigenvalue weighted by atomic mass is 19.1. The number of hydrogen-bond acceptors (Lipinski definition) is 4. The van der Waals surface area contributed by atoms with Crippen LogP contribution in [0.1, 0.15) is 25.3 Å². The van der Waals surface area contributed by atoms with Crippen molar-refractivity contribution in [2.45, 2.75) is 32.4 Å². The Morgan fingerprint density at radius 3 is 2.48 bits per heavy atom. The summed E-state index contributed by atoms with van der Waals surface area (Å²) in [5.74, 6) is 0.311. The first-order valence-corrected chi connectivity index (χ1v) is 9.54. The van der Waals surface area contributed by atoms with Crippen molar-refractivity contribution >= 4 is 5.97 Å². The molecule has 1 unspecified atom stereocenters. The van der Waals surface area contributed by atoms with Gasteiger partial charge in [0.05, 0.1) is 24.8 Å². The smallest absolute Gasteiger partial charge is 0.333 e. The predicted octanol–water partition coefficient (Wildman–Crippen LogP) is 2.99. The zero-order valence-corrected chi connectivity index (χ0v) is 15.5. The molecule has 0 spiro atoms. The van der Waals surface area contributed by atoms with E-state index in [4.69, 9.17) is 4.74 Å². The Kier molecular flexibility index (Phi) is 4.91. The average Bonchev–Trinajstić information content (AvgIpc) is 3.49. The molecule has 1 aromatic carbocycles. The maximum Gasteiger partial charge on any atom is 0.333 e. The van der Waals surface area contributed by atoms with E-state index < -0.39 is 5.97 Å². The topological polar surface area (TPSA) is 53.0 Å². The summed E-state index contributed by atoms with van der Waals surface area (Å²) >= 11 is 0. The van der Waals surface area contributed by atoms with E-state index in [1.807, 2.05) is 13.0 Å². The fourth-order valence-electron chi connectivity index (χ4n) is 4.11. The molecule has 1 aliphatic carbocycles. The number of hydrogen-bond donors (Lipinski definition) is 1. The van der Waals surface area contributed by atoms with E-state index >= 15 is 0 Å². The normalized spacial score (nSPS) is 23.5. The monoisotopic (exact) mass is 372 g/mol. The molecule has 2 fully saturated rings. The van der Waals surface area contributed by atoms with Crippen LogP contribution >= 0.6 is 0 Å². The van der Waals surface area contributed by atoms with E-state index in [9.17, 15) is 14.3 Å². The molecule has 1 N–H and O–H groups in total. The van der Waals surface area contributed by atoms with E-state index in [0.29, 0.717) is 31.2 Å². The third-order valence-electron chi connectivity index (χ3n) is 5.60. The van der Waals surface area contributed by atoms with Crippen LogP contribution in [0.3, 0.4) is 0 Å². The maximum absolute atomic E-state index is 13.3. The van der Waals surface area contributed by atoms with E-state index in [1.54, 1.807) is 12.1 Å². The summed E-state index contributed by atoms with van der Waals surface area (Å²) in [6, 6.07) is 6.34. The first kappa shape index (κ1) is 18.0. The van der Waals surface area contributed by atoms with Gasteiger partial charge in [0.1, 0.15) is 11.6 Å². The molecule has 2 heterocycles. The molecule has 1 aromatic rings. The number of carboxylic acids is 1. The number of morpholine rings is 1. The van der Waals surface area contributed by atoms with Crippen LogP contribution in [0.2, 0.25) is 0 Å². The molecule has 0 radical (unpaired) electrons.